The van der Waals surface area contributed by atoms with Gasteiger partial charge < -0.3 is 0 Å². The second-order valence-corrected chi connectivity index (χ2v) is 4.43. The SMILES string of the molecule is c1ccc2c(c1)CCCCP2. The van der Waals surface area contributed by atoms with Gasteiger partial charge in [0.05, 0.1) is 0 Å². The van der Waals surface area contributed by atoms with Crippen LogP contribution < -0.4 is 5.30 Å². The highest BCUT2D eigenvalue weighted by atomic mass is 31.1. The van der Waals surface area contributed by atoms with Gasteiger partial charge in [-0.1, -0.05) is 32.8 Å². The Morgan fingerprint density at radius 3 is 3.00 bits per heavy atom. The van der Waals surface area contributed by atoms with Crippen molar-refractivity contribution in [2.75, 3.05) is 6.16 Å². The minimum Gasteiger partial charge on any atom is -0.0901 e. The highest BCUT2D eigenvalue weighted by Crippen LogP contribution is 2.21. The van der Waals surface area contributed by atoms with E-state index in [1.165, 1.54) is 25.4 Å². The maximum Gasteiger partial charge on any atom is -0.0240 e. The standard InChI is InChI=1S/C10H13P/c1-2-7-10-9(5-1)6-3-4-8-11-10/h1-2,5,7,11H,3-4,6,8H2. The van der Waals surface area contributed by atoms with Crippen molar-refractivity contribution in [3.8, 4) is 0 Å². The molecule has 1 aromatic rings. The van der Waals surface area contributed by atoms with E-state index in [-0.39, 0.29) is 0 Å². The molecule has 0 aliphatic carbocycles. The summed E-state index contributed by atoms with van der Waals surface area (Å²) in [5, 5.41) is 1.62. The number of hydrogen-bond donors (Lipinski definition) is 0. The molecule has 0 amide bonds. The summed E-state index contributed by atoms with van der Waals surface area (Å²) >= 11 is 0. The average molecular weight is 164 g/mol. The van der Waals surface area contributed by atoms with Gasteiger partial charge in [0.1, 0.15) is 0 Å². The summed E-state index contributed by atoms with van der Waals surface area (Å²) in [4.78, 5) is 0. The highest BCUT2D eigenvalue weighted by Gasteiger charge is 2.04. The number of aryl methyl sites for hydroxylation is 1. The fourth-order valence-corrected chi connectivity index (χ4v) is 2.92. The van der Waals surface area contributed by atoms with E-state index in [9.17, 15) is 0 Å². The third-order valence-electron chi connectivity index (χ3n) is 2.21. The summed E-state index contributed by atoms with van der Waals surface area (Å²) in [7, 11) is 1.07. The Bertz CT molecular complexity index is 217. The average Bonchev–Trinajstić information content (AvgIpc) is 2.28. The van der Waals surface area contributed by atoms with Crippen molar-refractivity contribution < 1.29 is 0 Å². The molecule has 2 rings (SSSR count). The summed E-state index contributed by atoms with van der Waals surface area (Å²) in [6, 6.07) is 8.90. The van der Waals surface area contributed by atoms with E-state index in [0.717, 1.165) is 8.58 Å². The fourth-order valence-electron chi connectivity index (χ4n) is 1.57. The Morgan fingerprint density at radius 1 is 1.09 bits per heavy atom. The third-order valence-corrected chi connectivity index (χ3v) is 3.68. The van der Waals surface area contributed by atoms with E-state index in [1.807, 2.05) is 0 Å². The molecule has 0 bridgehead atoms. The maximum atomic E-state index is 2.29. The molecule has 0 fully saturated rings. The Labute approximate surface area is 69.8 Å². The Morgan fingerprint density at radius 2 is 2.00 bits per heavy atom. The lowest BCUT2D eigenvalue weighted by Crippen LogP contribution is -2.00. The second kappa shape index (κ2) is 3.36. The van der Waals surface area contributed by atoms with Gasteiger partial charge in [-0.25, -0.2) is 0 Å². The van der Waals surface area contributed by atoms with Crippen molar-refractivity contribution in [2.24, 2.45) is 0 Å². The lowest BCUT2D eigenvalue weighted by Gasteiger charge is -2.02. The molecule has 1 atom stereocenters. The summed E-state index contributed by atoms with van der Waals surface area (Å²) in [6.45, 7) is 0. The second-order valence-electron chi connectivity index (χ2n) is 3.04. The molecule has 58 valence electrons. The van der Waals surface area contributed by atoms with Gasteiger partial charge in [-0.2, -0.15) is 0 Å². The van der Waals surface area contributed by atoms with Crippen LogP contribution in [-0.4, -0.2) is 6.16 Å². The van der Waals surface area contributed by atoms with Crippen LogP contribution >= 0.6 is 8.58 Å². The zero-order valence-corrected chi connectivity index (χ0v) is 7.64. The van der Waals surface area contributed by atoms with Gasteiger partial charge >= 0.3 is 0 Å². The van der Waals surface area contributed by atoms with Crippen molar-refractivity contribution in [3.05, 3.63) is 29.8 Å². The molecule has 1 heterocycles. The predicted octanol–water partition coefficient (Wildman–Crippen LogP) is 2.33. The molecule has 0 spiro atoms. The molecule has 0 radical (unpaired) electrons. The largest absolute Gasteiger partial charge is 0.0901 e. The molecule has 1 aliphatic rings. The van der Waals surface area contributed by atoms with E-state index in [1.54, 1.807) is 10.9 Å². The first-order chi connectivity index (χ1) is 5.47. The first-order valence-electron chi connectivity index (χ1n) is 4.28. The van der Waals surface area contributed by atoms with Crippen molar-refractivity contribution in [1.82, 2.24) is 0 Å². The first kappa shape index (κ1) is 7.31. The minimum absolute atomic E-state index is 1.07. The van der Waals surface area contributed by atoms with Gasteiger partial charge in [0.2, 0.25) is 0 Å². The molecule has 0 aromatic heterocycles. The topological polar surface area (TPSA) is 0 Å². The van der Waals surface area contributed by atoms with Crippen molar-refractivity contribution in [2.45, 2.75) is 19.3 Å². The van der Waals surface area contributed by atoms with Gasteiger partial charge in [0.25, 0.3) is 0 Å². The zero-order valence-electron chi connectivity index (χ0n) is 6.64. The van der Waals surface area contributed by atoms with Crippen molar-refractivity contribution in [3.63, 3.8) is 0 Å². The molecule has 0 saturated heterocycles. The van der Waals surface area contributed by atoms with Crippen molar-refractivity contribution >= 4 is 13.9 Å². The highest BCUT2D eigenvalue weighted by molar-refractivity contribution is 7.47. The Kier molecular flexibility index (Phi) is 2.23. The van der Waals surface area contributed by atoms with Crippen LogP contribution in [0.3, 0.4) is 0 Å². The van der Waals surface area contributed by atoms with Crippen LogP contribution in [0.5, 0.6) is 0 Å². The molecular weight excluding hydrogens is 151 g/mol. The summed E-state index contributed by atoms with van der Waals surface area (Å²) in [5.74, 6) is 0. The summed E-state index contributed by atoms with van der Waals surface area (Å²) < 4.78 is 0. The van der Waals surface area contributed by atoms with Crippen LogP contribution in [0.4, 0.5) is 0 Å². The maximum absolute atomic E-state index is 2.29. The van der Waals surface area contributed by atoms with Crippen LogP contribution in [0.2, 0.25) is 0 Å². The number of fused-ring (bicyclic) bond motifs is 1. The van der Waals surface area contributed by atoms with Gasteiger partial charge in [-0.05, 0) is 36.3 Å². The van der Waals surface area contributed by atoms with E-state index in [4.69, 9.17) is 0 Å². The third kappa shape index (κ3) is 1.62. The zero-order chi connectivity index (χ0) is 7.52. The molecule has 0 nitrogen and oxygen atoms in total. The summed E-state index contributed by atoms with van der Waals surface area (Å²) in [5.41, 5.74) is 1.60. The number of hydrogen-bond acceptors (Lipinski definition) is 0. The van der Waals surface area contributed by atoms with E-state index in [2.05, 4.69) is 24.3 Å². The van der Waals surface area contributed by atoms with Crippen LogP contribution in [0.15, 0.2) is 24.3 Å². The van der Waals surface area contributed by atoms with E-state index in [0.29, 0.717) is 0 Å². The quantitative estimate of drug-likeness (QED) is 0.516. The van der Waals surface area contributed by atoms with Gasteiger partial charge in [-0.15, -0.1) is 0 Å². The van der Waals surface area contributed by atoms with Gasteiger partial charge in [0, 0.05) is 0 Å². The molecule has 1 heteroatoms. The Hall–Kier alpha value is -0.350. The Balaban J connectivity index is 2.33. The van der Waals surface area contributed by atoms with Gasteiger partial charge in [0.15, 0.2) is 0 Å². The van der Waals surface area contributed by atoms with Crippen LogP contribution in [0.25, 0.3) is 0 Å². The molecule has 11 heavy (non-hydrogen) atoms. The smallest absolute Gasteiger partial charge is 0.0240 e. The summed E-state index contributed by atoms with van der Waals surface area (Å²) in [6.07, 6.45) is 5.54. The molecule has 1 aromatic carbocycles. The van der Waals surface area contributed by atoms with Crippen LogP contribution in [0.1, 0.15) is 18.4 Å². The lowest BCUT2D eigenvalue weighted by molar-refractivity contribution is 0.811. The minimum atomic E-state index is 1.07. The molecule has 1 aliphatic heterocycles. The van der Waals surface area contributed by atoms with Crippen LogP contribution in [-0.2, 0) is 6.42 Å². The number of rotatable bonds is 0. The monoisotopic (exact) mass is 164 g/mol. The number of benzene rings is 1. The molecule has 0 saturated carbocycles. The van der Waals surface area contributed by atoms with Crippen molar-refractivity contribution in [1.29, 1.82) is 0 Å². The van der Waals surface area contributed by atoms with E-state index < -0.39 is 0 Å². The van der Waals surface area contributed by atoms with Crippen LogP contribution in [0, 0.1) is 0 Å². The van der Waals surface area contributed by atoms with E-state index >= 15 is 0 Å². The lowest BCUT2D eigenvalue weighted by atomic mass is 10.1. The molecule has 1 unspecified atom stereocenters. The van der Waals surface area contributed by atoms with Gasteiger partial charge in [-0.3, -0.25) is 0 Å². The molecule has 0 N–H and O–H groups in total. The normalized spacial score (nSPS) is 19.3. The predicted molar refractivity (Wildman–Crippen MR) is 52.2 cm³/mol. The molecular formula is C10H13P. The fraction of sp³-hybridized carbons (Fsp3) is 0.400. The first-order valence-corrected chi connectivity index (χ1v) is 5.49.